The smallest absolute Gasteiger partial charge is 0.303 e. The lowest BCUT2D eigenvalue weighted by molar-refractivity contribution is -0.141. The summed E-state index contributed by atoms with van der Waals surface area (Å²) in [6.45, 7) is 2.69. The summed E-state index contributed by atoms with van der Waals surface area (Å²) < 4.78 is 42.1. The Hall–Kier alpha value is -2.66. The van der Waals surface area contributed by atoms with Crippen LogP contribution in [-0.4, -0.2) is 64.1 Å². The maximum absolute atomic E-state index is 13.5. The second kappa shape index (κ2) is 7.06. The number of rotatable bonds is 3. The fourth-order valence-electron chi connectivity index (χ4n) is 2.93. The van der Waals surface area contributed by atoms with Crippen LogP contribution in [0.1, 0.15) is 11.3 Å². The number of nitrogens with zero attached hydrogens (tertiary/aromatic N) is 5. The highest BCUT2D eigenvalue weighted by molar-refractivity contribution is 7.20. The van der Waals surface area contributed by atoms with Crippen LogP contribution in [0.2, 0.25) is 0 Å². The van der Waals surface area contributed by atoms with E-state index in [0.29, 0.717) is 18.6 Å². The maximum atomic E-state index is 13.5. The van der Waals surface area contributed by atoms with E-state index in [2.05, 4.69) is 20.1 Å². The van der Waals surface area contributed by atoms with Gasteiger partial charge >= 0.3 is 6.18 Å². The molecule has 2 aromatic heterocycles. The third-order valence-corrected chi connectivity index (χ3v) is 5.54. The summed E-state index contributed by atoms with van der Waals surface area (Å²) in [5, 5.41) is 8.09. The number of nitrogens with one attached hydrogen (secondary N) is 1. The van der Waals surface area contributed by atoms with Gasteiger partial charge in [0.05, 0.1) is 22.0 Å². The molecular weight excluding hydrogens is 393 g/mol. The van der Waals surface area contributed by atoms with Crippen molar-refractivity contribution in [1.29, 1.82) is 0 Å². The molecule has 0 amide bonds. The average Bonchev–Trinajstić information content (AvgIpc) is 3.22. The molecule has 1 N–H and O–H groups in total. The summed E-state index contributed by atoms with van der Waals surface area (Å²) in [5.41, 5.74) is -1.87. The van der Waals surface area contributed by atoms with Crippen LogP contribution in [0.3, 0.4) is 0 Å². The van der Waals surface area contributed by atoms with E-state index in [1.54, 1.807) is 29.3 Å². The van der Waals surface area contributed by atoms with E-state index >= 15 is 0 Å². The van der Waals surface area contributed by atoms with Crippen LogP contribution in [0.5, 0.6) is 0 Å². The number of hydrogen-bond donors (Lipinski definition) is 1. The molecule has 0 atom stereocenters. The van der Waals surface area contributed by atoms with Gasteiger partial charge in [-0.15, -0.1) is 0 Å². The number of piperazine rings is 1. The number of halogens is 3. The lowest BCUT2D eigenvalue weighted by Crippen LogP contribution is -2.41. The molecule has 4 rings (SSSR count). The normalized spacial score (nSPS) is 16.5. The second-order valence-corrected chi connectivity index (χ2v) is 7.51. The van der Waals surface area contributed by atoms with Gasteiger partial charge in [0.2, 0.25) is 5.13 Å². The molecule has 7 nitrogen and oxygen atoms in total. The Bertz CT molecular complexity index is 1040. The fourth-order valence-corrected chi connectivity index (χ4v) is 3.85. The third kappa shape index (κ3) is 3.54. The van der Waals surface area contributed by atoms with Gasteiger partial charge in [0.15, 0.2) is 5.69 Å². The summed E-state index contributed by atoms with van der Waals surface area (Å²) in [5.74, 6) is 0. The highest BCUT2D eigenvalue weighted by Gasteiger charge is 2.38. The van der Waals surface area contributed by atoms with Gasteiger partial charge in [0.25, 0.3) is 5.56 Å². The lowest BCUT2D eigenvalue weighted by Gasteiger charge is -2.30. The van der Waals surface area contributed by atoms with E-state index in [1.807, 2.05) is 7.05 Å². The van der Waals surface area contributed by atoms with E-state index in [0.717, 1.165) is 40.0 Å². The van der Waals surface area contributed by atoms with Crippen molar-refractivity contribution in [3.63, 3.8) is 0 Å². The minimum absolute atomic E-state index is 0.149. The number of hydrogen-bond acceptors (Lipinski definition) is 6. The van der Waals surface area contributed by atoms with Crippen LogP contribution in [-0.2, 0) is 6.18 Å². The lowest BCUT2D eigenvalue weighted by atomic mass is 10.2. The monoisotopic (exact) mass is 410 g/mol. The molecule has 0 radical (unpaired) electrons. The van der Waals surface area contributed by atoms with Gasteiger partial charge in [-0.1, -0.05) is 23.5 Å². The number of likely N-dealkylation sites (N-methyl/N-ethyl adjacent to an activating group) is 1. The number of aromatic nitrogens is 3. The molecule has 0 unspecified atom stereocenters. The van der Waals surface area contributed by atoms with Crippen LogP contribution in [0.25, 0.3) is 15.3 Å². The van der Waals surface area contributed by atoms with Gasteiger partial charge < -0.3 is 4.90 Å². The highest BCUT2D eigenvalue weighted by atomic mass is 32.1. The van der Waals surface area contributed by atoms with Crippen LogP contribution in [0.15, 0.2) is 34.2 Å². The zero-order valence-electron chi connectivity index (χ0n) is 14.9. The molecule has 0 aliphatic carbocycles. The Balaban J connectivity index is 1.74. The molecule has 1 aromatic carbocycles. The van der Waals surface area contributed by atoms with Crippen molar-refractivity contribution in [2.24, 2.45) is 5.10 Å². The van der Waals surface area contributed by atoms with E-state index < -0.39 is 23.0 Å². The zero-order valence-corrected chi connectivity index (χ0v) is 15.7. The summed E-state index contributed by atoms with van der Waals surface area (Å²) in [7, 11) is 1.96. The van der Waals surface area contributed by atoms with Gasteiger partial charge in [-0.3, -0.25) is 14.9 Å². The van der Waals surface area contributed by atoms with Crippen LogP contribution in [0, 0.1) is 0 Å². The Morgan fingerprint density at radius 2 is 1.93 bits per heavy atom. The van der Waals surface area contributed by atoms with Gasteiger partial charge in [-0.25, -0.2) is 4.98 Å². The van der Waals surface area contributed by atoms with Crippen molar-refractivity contribution in [3.8, 4) is 5.13 Å². The third-order valence-electron chi connectivity index (χ3n) is 4.51. The molecule has 1 fully saturated rings. The molecule has 28 heavy (non-hydrogen) atoms. The van der Waals surface area contributed by atoms with Crippen molar-refractivity contribution >= 4 is 27.8 Å². The van der Waals surface area contributed by atoms with Crippen LogP contribution < -0.4 is 5.56 Å². The number of fused-ring (bicyclic) bond motifs is 1. The minimum Gasteiger partial charge on any atom is -0.303 e. The molecule has 11 heteroatoms. The molecule has 1 aliphatic rings. The first kappa shape index (κ1) is 18.7. The predicted molar refractivity (Wildman–Crippen MR) is 101 cm³/mol. The van der Waals surface area contributed by atoms with Crippen molar-refractivity contribution in [2.75, 3.05) is 33.2 Å². The molecule has 3 heterocycles. The number of benzene rings is 1. The molecule has 1 saturated heterocycles. The van der Waals surface area contributed by atoms with Crippen LogP contribution >= 0.6 is 11.3 Å². The summed E-state index contributed by atoms with van der Waals surface area (Å²) >= 11 is 1.14. The van der Waals surface area contributed by atoms with Gasteiger partial charge in [-0.2, -0.15) is 23.0 Å². The van der Waals surface area contributed by atoms with Gasteiger partial charge in [-0.05, 0) is 19.2 Å². The number of hydrazone groups is 1. The Morgan fingerprint density at radius 3 is 2.61 bits per heavy atom. The predicted octanol–water partition coefficient (Wildman–Crippen LogP) is 2.38. The Labute approximate surface area is 161 Å². The van der Waals surface area contributed by atoms with Gasteiger partial charge in [0, 0.05) is 26.2 Å². The van der Waals surface area contributed by atoms with E-state index in [1.165, 1.54) is 0 Å². The summed E-state index contributed by atoms with van der Waals surface area (Å²) in [6, 6.07) is 7.12. The molecule has 0 saturated carbocycles. The highest BCUT2D eigenvalue weighted by Crippen LogP contribution is 2.30. The quantitative estimate of drug-likeness (QED) is 0.674. The molecular formula is C17H17F3N6OS. The zero-order chi connectivity index (χ0) is 19.9. The van der Waals surface area contributed by atoms with Crippen molar-refractivity contribution < 1.29 is 13.2 Å². The number of thiazole rings is 1. The number of H-pyrrole nitrogens is 1. The second-order valence-electron chi connectivity index (χ2n) is 6.50. The van der Waals surface area contributed by atoms with E-state index in [4.69, 9.17) is 0 Å². The van der Waals surface area contributed by atoms with Crippen LogP contribution in [0.4, 0.5) is 13.2 Å². The standard InChI is InChI=1S/C17H17F3N6OS/c1-24-6-8-25(9-7-24)21-10-11-14(17(18,19)20)23-26(15(11)27)16-22-12-4-2-3-5-13(12)28-16/h2-5,10,23H,6-9H2,1H3/b21-10-. The topological polar surface area (TPSA) is 69.5 Å². The summed E-state index contributed by atoms with van der Waals surface area (Å²) in [4.78, 5) is 19.1. The fraction of sp³-hybridized carbons (Fsp3) is 0.353. The molecule has 0 spiro atoms. The Morgan fingerprint density at radius 1 is 1.21 bits per heavy atom. The molecule has 3 aromatic rings. The SMILES string of the molecule is CN1CCN(/N=C\c2c(C(F)(F)F)[nH]n(-c3nc4ccccc4s3)c2=O)CC1. The summed E-state index contributed by atoms with van der Waals surface area (Å²) in [6.07, 6.45) is -3.72. The first-order valence-electron chi connectivity index (χ1n) is 8.58. The van der Waals surface area contributed by atoms with E-state index in [9.17, 15) is 18.0 Å². The first-order chi connectivity index (χ1) is 13.3. The van der Waals surface area contributed by atoms with Crippen molar-refractivity contribution in [3.05, 3.63) is 45.9 Å². The van der Waals surface area contributed by atoms with Crippen molar-refractivity contribution in [1.82, 2.24) is 24.7 Å². The van der Waals surface area contributed by atoms with E-state index in [-0.39, 0.29) is 5.13 Å². The number of alkyl halides is 3. The molecule has 148 valence electrons. The molecule has 0 bridgehead atoms. The van der Waals surface area contributed by atoms with Gasteiger partial charge in [0.1, 0.15) is 0 Å². The number of aromatic amines is 1. The van der Waals surface area contributed by atoms with Crippen molar-refractivity contribution in [2.45, 2.75) is 6.18 Å². The Kier molecular flexibility index (Phi) is 4.71. The molecule has 1 aliphatic heterocycles. The first-order valence-corrected chi connectivity index (χ1v) is 9.40. The largest absolute Gasteiger partial charge is 0.433 e. The maximum Gasteiger partial charge on any atom is 0.433 e. The average molecular weight is 410 g/mol. The number of para-hydroxylation sites is 1. The minimum atomic E-state index is -4.72.